The molecule has 1 N–H and O–H groups in total. The molecule has 0 aromatic heterocycles. The van der Waals surface area contributed by atoms with Gasteiger partial charge in [0, 0.05) is 11.0 Å². The van der Waals surface area contributed by atoms with Crippen LogP contribution in [0.3, 0.4) is 0 Å². The highest BCUT2D eigenvalue weighted by atomic mass is 79.9. The molecular formula is C19H23BrN2O3. The molecular weight excluding hydrogens is 384 g/mol. The zero-order valence-electron chi connectivity index (χ0n) is 14.9. The van der Waals surface area contributed by atoms with E-state index in [2.05, 4.69) is 26.1 Å². The number of carbonyl (C=O) groups is 1. The van der Waals surface area contributed by atoms with Gasteiger partial charge < -0.3 is 19.7 Å². The number of benzene rings is 2. The van der Waals surface area contributed by atoms with Crippen molar-refractivity contribution >= 4 is 21.8 Å². The molecule has 0 aliphatic carbocycles. The molecule has 0 aliphatic rings. The number of likely N-dealkylation sites (N-methyl/N-ethyl adjacent to an activating group) is 1. The fourth-order valence-electron chi connectivity index (χ4n) is 2.51. The van der Waals surface area contributed by atoms with E-state index in [1.165, 1.54) is 0 Å². The van der Waals surface area contributed by atoms with E-state index < -0.39 is 0 Å². The van der Waals surface area contributed by atoms with Gasteiger partial charge in [-0.15, -0.1) is 0 Å². The van der Waals surface area contributed by atoms with Gasteiger partial charge >= 0.3 is 0 Å². The minimum absolute atomic E-state index is 0.0549. The first-order valence-corrected chi connectivity index (χ1v) is 8.67. The molecule has 0 aliphatic heterocycles. The standard InChI is InChI=1S/C19H23BrN2O3/c1-22(2)18(13-5-7-14(24-3)8-6-13)12-21-19(23)16-11-15(25-4)9-10-17(16)20/h5-11,18H,12H2,1-4H3,(H,21,23). The van der Waals surface area contributed by atoms with E-state index in [9.17, 15) is 4.79 Å². The fourth-order valence-corrected chi connectivity index (χ4v) is 2.94. The van der Waals surface area contributed by atoms with Crippen molar-refractivity contribution in [1.29, 1.82) is 0 Å². The van der Waals surface area contributed by atoms with Crippen LogP contribution < -0.4 is 14.8 Å². The Balaban J connectivity index is 2.11. The molecule has 5 nitrogen and oxygen atoms in total. The second kappa shape index (κ2) is 8.87. The SMILES string of the molecule is COc1ccc(C(CNC(=O)c2cc(OC)ccc2Br)N(C)C)cc1. The molecule has 2 aromatic carbocycles. The second-order valence-electron chi connectivity index (χ2n) is 5.81. The average molecular weight is 407 g/mol. The first-order chi connectivity index (χ1) is 12.0. The van der Waals surface area contributed by atoms with E-state index in [1.807, 2.05) is 38.4 Å². The van der Waals surface area contributed by atoms with Crippen LogP contribution in [-0.2, 0) is 0 Å². The van der Waals surface area contributed by atoms with Gasteiger partial charge in [0.1, 0.15) is 11.5 Å². The van der Waals surface area contributed by atoms with Crippen LogP contribution in [0.25, 0.3) is 0 Å². The van der Waals surface area contributed by atoms with Gasteiger partial charge in [-0.1, -0.05) is 12.1 Å². The zero-order valence-corrected chi connectivity index (χ0v) is 16.5. The van der Waals surface area contributed by atoms with Crippen molar-refractivity contribution in [2.45, 2.75) is 6.04 Å². The van der Waals surface area contributed by atoms with Crippen LogP contribution in [0.1, 0.15) is 22.0 Å². The van der Waals surface area contributed by atoms with E-state index in [-0.39, 0.29) is 11.9 Å². The molecule has 0 bridgehead atoms. The number of rotatable bonds is 7. The summed E-state index contributed by atoms with van der Waals surface area (Å²) < 4.78 is 11.1. The molecule has 0 saturated carbocycles. The summed E-state index contributed by atoms with van der Waals surface area (Å²) in [6.45, 7) is 0.488. The first-order valence-electron chi connectivity index (χ1n) is 7.88. The normalized spacial score (nSPS) is 11.9. The highest BCUT2D eigenvalue weighted by Crippen LogP contribution is 2.24. The number of carbonyl (C=O) groups excluding carboxylic acids is 1. The molecule has 0 heterocycles. The fraction of sp³-hybridized carbons (Fsp3) is 0.316. The summed E-state index contributed by atoms with van der Waals surface area (Å²) in [4.78, 5) is 14.6. The third-order valence-electron chi connectivity index (χ3n) is 4.00. The predicted octanol–water partition coefficient (Wildman–Crippen LogP) is 3.50. The van der Waals surface area contributed by atoms with Crippen LogP contribution in [0.4, 0.5) is 0 Å². The Hall–Kier alpha value is -2.05. The lowest BCUT2D eigenvalue weighted by atomic mass is 10.1. The number of hydrogen-bond acceptors (Lipinski definition) is 4. The van der Waals surface area contributed by atoms with Gasteiger partial charge in [-0.05, 0) is 65.9 Å². The molecule has 1 atom stereocenters. The highest BCUT2D eigenvalue weighted by molar-refractivity contribution is 9.10. The summed E-state index contributed by atoms with van der Waals surface area (Å²) in [5.41, 5.74) is 1.65. The molecule has 134 valence electrons. The quantitative estimate of drug-likeness (QED) is 0.764. The van der Waals surface area contributed by atoms with Gasteiger partial charge in [-0.3, -0.25) is 4.79 Å². The molecule has 1 amide bonds. The van der Waals surface area contributed by atoms with Crippen molar-refractivity contribution in [3.63, 3.8) is 0 Å². The largest absolute Gasteiger partial charge is 0.497 e. The second-order valence-corrected chi connectivity index (χ2v) is 6.66. The van der Waals surface area contributed by atoms with Gasteiger partial charge in [0.05, 0.1) is 25.8 Å². The van der Waals surface area contributed by atoms with Crippen LogP contribution in [0.15, 0.2) is 46.9 Å². The van der Waals surface area contributed by atoms with Crippen molar-refractivity contribution in [3.05, 3.63) is 58.1 Å². The Bertz CT molecular complexity index is 717. The minimum atomic E-state index is -0.147. The lowest BCUT2D eigenvalue weighted by Gasteiger charge is -2.25. The molecule has 6 heteroatoms. The summed E-state index contributed by atoms with van der Waals surface area (Å²) in [6, 6.07) is 13.3. The molecule has 0 spiro atoms. The smallest absolute Gasteiger partial charge is 0.252 e. The van der Waals surface area contributed by atoms with Crippen LogP contribution >= 0.6 is 15.9 Å². The van der Waals surface area contributed by atoms with Gasteiger partial charge in [0.25, 0.3) is 5.91 Å². The van der Waals surface area contributed by atoms with Crippen LogP contribution in [0, 0.1) is 0 Å². The number of hydrogen-bond donors (Lipinski definition) is 1. The average Bonchev–Trinajstić information content (AvgIpc) is 2.62. The number of halogens is 1. The van der Waals surface area contributed by atoms with Crippen LogP contribution in [0.2, 0.25) is 0 Å². The molecule has 0 fully saturated rings. The van der Waals surface area contributed by atoms with Crippen molar-refractivity contribution in [2.75, 3.05) is 34.9 Å². The van der Waals surface area contributed by atoms with Crippen molar-refractivity contribution < 1.29 is 14.3 Å². The van der Waals surface area contributed by atoms with Gasteiger partial charge in [0.15, 0.2) is 0 Å². The first kappa shape index (κ1) is 19.3. The number of amides is 1. The maximum Gasteiger partial charge on any atom is 0.252 e. The topological polar surface area (TPSA) is 50.8 Å². The van der Waals surface area contributed by atoms with Crippen LogP contribution in [0.5, 0.6) is 11.5 Å². The Morgan fingerprint density at radius 2 is 1.68 bits per heavy atom. The molecule has 25 heavy (non-hydrogen) atoms. The van der Waals surface area contributed by atoms with E-state index in [0.29, 0.717) is 17.9 Å². The zero-order chi connectivity index (χ0) is 18.4. The molecule has 2 aromatic rings. The van der Waals surface area contributed by atoms with Crippen molar-refractivity contribution in [1.82, 2.24) is 10.2 Å². The summed E-state index contributed by atoms with van der Waals surface area (Å²) >= 11 is 3.42. The number of nitrogens with one attached hydrogen (secondary N) is 1. The summed E-state index contributed by atoms with van der Waals surface area (Å²) in [7, 11) is 7.20. The molecule has 1 unspecified atom stereocenters. The maximum atomic E-state index is 12.6. The van der Waals surface area contributed by atoms with E-state index in [0.717, 1.165) is 15.8 Å². The monoisotopic (exact) mass is 406 g/mol. The minimum Gasteiger partial charge on any atom is -0.497 e. The number of nitrogens with zero attached hydrogens (tertiary/aromatic N) is 1. The summed E-state index contributed by atoms with van der Waals surface area (Å²) in [5.74, 6) is 1.31. The lowest BCUT2D eigenvalue weighted by molar-refractivity contribution is 0.0940. The van der Waals surface area contributed by atoms with Gasteiger partial charge in [0.2, 0.25) is 0 Å². The third kappa shape index (κ3) is 4.96. The molecule has 2 rings (SSSR count). The maximum absolute atomic E-state index is 12.6. The Morgan fingerprint density at radius 1 is 1.08 bits per heavy atom. The van der Waals surface area contributed by atoms with Gasteiger partial charge in [-0.25, -0.2) is 0 Å². The Morgan fingerprint density at radius 3 is 2.24 bits per heavy atom. The Kier molecular flexibility index (Phi) is 6.84. The number of methoxy groups -OCH3 is 2. The predicted molar refractivity (Wildman–Crippen MR) is 102 cm³/mol. The van der Waals surface area contributed by atoms with E-state index in [1.54, 1.807) is 32.4 Å². The summed E-state index contributed by atoms with van der Waals surface area (Å²) in [6.07, 6.45) is 0. The van der Waals surface area contributed by atoms with E-state index in [4.69, 9.17) is 9.47 Å². The van der Waals surface area contributed by atoms with Crippen LogP contribution in [-0.4, -0.2) is 45.7 Å². The third-order valence-corrected chi connectivity index (χ3v) is 4.69. The molecule has 0 radical (unpaired) electrons. The summed E-state index contributed by atoms with van der Waals surface area (Å²) in [5, 5.41) is 3.00. The number of ether oxygens (including phenoxy) is 2. The van der Waals surface area contributed by atoms with Crippen molar-refractivity contribution in [3.8, 4) is 11.5 Å². The van der Waals surface area contributed by atoms with Crippen molar-refractivity contribution in [2.24, 2.45) is 0 Å². The molecule has 0 saturated heterocycles. The lowest BCUT2D eigenvalue weighted by Crippen LogP contribution is -2.34. The van der Waals surface area contributed by atoms with Gasteiger partial charge in [-0.2, -0.15) is 0 Å². The highest BCUT2D eigenvalue weighted by Gasteiger charge is 2.17. The Labute approximate surface area is 157 Å². The van der Waals surface area contributed by atoms with E-state index >= 15 is 0 Å².